The van der Waals surface area contributed by atoms with E-state index in [2.05, 4.69) is 124 Å². The largest absolute Gasteiger partial charge is 0.489 e. The van der Waals surface area contributed by atoms with Crippen LogP contribution in [0.2, 0.25) is 0 Å². The molecular weight excluding hydrogens is 788 g/mol. The molecule has 0 saturated heterocycles. The zero-order valence-corrected chi connectivity index (χ0v) is 33.6. The second kappa shape index (κ2) is 16.2. The Labute approximate surface area is 345 Å². The van der Waals surface area contributed by atoms with Crippen LogP contribution in [-0.4, -0.2) is 42.8 Å². The minimum Gasteiger partial charge on any atom is -0.489 e. The maximum Gasteiger partial charge on any atom is 0.337 e. The predicted octanol–water partition coefficient (Wildman–Crippen LogP) is 10.8. The summed E-state index contributed by atoms with van der Waals surface area (Å²) in [6.45, 7) is 0.288. The van der Waals surface area contributed by atoms with Gasteiger partial charge >= 0.3 is 5.97 Å². The molecule has 1 aliphatic rings. The highest BCUT2D eigenvalue weighted by Gasteiger charge is 2.41. The van der Waals surface area contributed by atoms with Gasteiger partial charge in [-0.25, -0.2) is 9.78 Å². The molecule has 0 bridgehead atoms. The van der Waals surface area contributed by atoms with Gasteiger partial charge in [-0.15, -0.1) is 15.0 Å². The predicted molar refractivity (Wildman–Crippen MR) is 229 cm³/mol. The van der Waals surface area contributed by atoms with Crippen molar-refractivity contribution in [2.45, 2.75) is 50.3 Å². The smallest absolute Gasteiger partial charge is 0.337 e. The van der Waals surface area contributed by atoms with Crippen molar-refractivity contribution in [2.75, 3.05) is 7.11 Å². The van der Waals surface area contributed by atoms with E-state index in [1.165, 1.54) is 26.4 Å². The van der Waals surface area contributed by atoms with Crippen molar-refractivity contribution in [3.63, 3.8) is 0 Å². The molecule has 9 rings (SSSR count). The van der Waals surface area contributed by atoms with Crippen molar-refractivity contribution in [3.05, 3.63) is 184 Å². The van der Waals surface area contributed by atoms with Crippen LogP contribution in [0.4, 0.5) is 0 Å². The summed E-state index contributed by atoms with van der Waals surface area (Å²) >= 11 is 3.58. The number of methoxy groups -OCH3 is 1. The van der Waals surface area contributed by atoms with E-state index in [4.69, 9.17) is 29.9 Å². The first kappa shape index (κ1) is 37.2. The number of nitrogens with zero attached hydrogens (tertiary/aromatic N) is 6. The number of imidazole rings is 1. The van der Waals surface area contributed by atoms with Crippen LogP contribution in [0.15, 0.2) is 156 Å². The highest BCUT2D eigenvalue weighted by Crippen LogP contribution is 2.41. The zero-order chi connectivity index (χ0) is 39.5. The van der Waals surface area contributed by atoms with E-state index in [1.807, 2.05) is 36.4 Å². The van der Waals surface area contributed by atoms with Crippen LogP contribution in [0.1, 0.15) is 70.8 Å². The van der Waals surface area contributed by atoms with E-state index < -0.39 is 5.54 Å². The minimum atomic E-state index is -0.867. The lowest BCUT2D eigenvalue weighted by Gasteiger charge is -2.34. The van der Waals surface area contributed by atoms with Crippen LogP contribution in [0, 0.1) is 0 Å². The number of aromatic nitrogens is 6. The monoisotopic (exact) mass is 828 g/mol. The molecule has 2 aromatic heterocycles. The Morgan fingerprint density at radius 1 is 0.741 bits per heavy atom. The average molecular weight is 830 g/mol. The molecule has 9 nitrogen and oxygen atoms in total. The topological polar surface area (TPSA) is 96.9 Å². The number of tetrazole rings is 1. The molecule has 0 spiro atoms. The van der Waals surface area contributed by atoms with E-state index in [9.17, 15) is 4.79 Å². The van der Waals surface area contributed by atoms with E-state index >= 15 is 0 Å². The van der Waals surface area contributed by atoms with Crippen molar-refractivity contribution in [3.8, 4) is 28.5 Å². The second-order valence-corrected chi connectivity index (χ2v) is 15.5. The molecule has 2 heterocycles. The van der Waals surface area contributed by atoms with Crippen LogP contribution >= 0.6 is 15.9 Å². The fraction of sp³-hybridized carbons (Fsp3) is 0.188. The SMILES string of the molecule is COC(=O)c1ccc(Br)c(COc2ccc(-c3nc4cc(-c5nnn(C(c6ccccc6)(c6ccccc6)c6ccccc6)n5)ccc4n3C3CCCCC3)cc2)c1. The van der Waals surface area contributed by atoms with Crippen LogP contribution in [0.5, 0.6) is 5.75 Å². The fourth-order valence-corrected chi connectivity index (χ4v) is 8.66. The molecule has 10 heteroatoms. The van der Waals surface area contributed by atoms with Gasteiger partial charge in [0.15, 0.2) is 5.54 Å². The van der Waals surface area contributed by atoms with E-state index in [-0.39, 0.29) is 12.6 Å². The van der Waals surface area contributed by atoms with Crippen LogP contribution < -0.4 is 4.74 Å². The number of rotatable bonds is 11. The molecule has 8 aromatic rings. The van der Waals surface area contributed by atoms with Crippen molar-refractivity contribution >= 4 is 32.9 Å². The first-order valence-corrected chi connectivity index (χ1v) is 20.4. The van der Waals surface area contributed by atoms with Gasteiger partial charge in [0.1, 0.15) is 18.2 Å². The molecule has 0 atom stereocenters. The number of hydrogen-bond acceptors (Lipinski definition) is 7. The molecule has 0 aliphatic heterocycles. The quantitative estimate of drug-likeness (QED) is 0.0946. The van der Waals surface area contributed by atoms with E-state index in [1.54, 1.807) is 16.9 Å². The van der Waals surface area contributed by atoms with Crippen LogP contribution in [0.3, 0.4) is 0 Å². The molecule has 0 N–H and O–H groups in total. The lowest BCUT2D eigenvalue weighted by Crippen LogP contribution is -2.39. The van der Waals surface area contributed by atoms with Gasteiger partial charge in [-0.1, -0.05) is 126 Å². The van der Waals surface area contributed by atoms with Gasteiger partial charge in [-0.3, -0.25) is 0 Å². The summed E-state index contributed by atoms with van der Waals surface area (Å²) in [5.41, 5.74) is 7.35. The summed E-state index contributed by atoms with van der Waals surface area (Å²) in [6.07, 6.45) is 5.86. The Balaban J connectivity index is 1.08. The normalized spacial score (nSPS) is 13.4. The molecule has 1 fully saturated rings. The Kier molecular flexibility index (Phi) is 10.4. The Morgan fingerprint density at radius 2 is 1.36 bits per heavy atom. The molecular formula is C48H41BrN6O3. The van der Waals surface area contributed by atoms with Crippen molar-refractivity contribution in [2.24, 2.45) is 0 Å². The van der Waals surface area contributed by atoms with Gasteiger partial charge in [0.25, 0.3) is 0 Å². The summed E-state index contributed by atoms with van der Waals surface area (Å²) in [4.78, 5) is 19.2. The Hall–Kier alpha value is -6.39. The van der Waals surface area contributed by atoms with Crippen molar-refractivity contribution in [1.82, 2.24) is 29.8 Å². The fourth-order valence-electron chi connectivity index (χ4n) is 8.30. The molecule has 0 amide bonds. The number of halogens is 1. The molecule has 0 radical (unpaired) electrons. The van der Waals surface area contributed by atoms with Gasteiger partial charge in [-0.05, 0) is 95.4 Å². The van der Waals surface area contributed by atoms with Crippen molar-refractivity contribution < 1.29 is 14.3 Å². The highest BCUT2D eigenvalue weighted by molar-refractivity contribution is 9.10. The second-order valence-electron chi connectivity index (χ2n) is 14.6. The third kappa shape index (κ3) is 6.98. The molecule has 58 heavy (non-hydrogen) atoms. The van der Waals surface area contributed by atoms with Gasteiger partial charge in [0.05, 0.1) is 23.7 Å². The van der Waals surface area contributed by atoms with E-state index in [0.717, 1.165) is 67.6 Å². The Morgan fingerprint density at radius 3 is 1.98 bits per heavy atom. The third-order valence-corrected chi connectivity index (χ3v) is 11.9. The molecule has 6 aromatic carbocycles. The summed E-state index contributed by atoms with van der Waals surface area (Å²) in [5, 5.41) is 14.6. The lowest BCUT2D eigenvalue weighted by atomic mass is 9.77. The summed E-state index contributed by atoms with van der Waals surface area (Å²) < 4.78 is 14.4. The highest BCUT2D eigenvalue weighted by atomic mass is 79.9. The zero-order valence-electron chi connectivity index (χ0n) is 32.0. The average Bonchev–Trinajstić information content (AvgIpc) is 3.94. The molecule has 288 valence electrons. The standard InChI is InChI=1S/C48H41BrN6O3/c1-57-47(56)35-24-28-42(49)36(30-35)32-58-41-26-22-33(23-27-41)46-50-43-31-34(25-29-44(43)54(46)40-20-12-5-13-21-40)45-51-53-55(52-45)48(37-14-6-2-7-15-37,38-16-8-3-9-17-38)39-18-10-4-11-19-39/h2-4,6-11,14-19,22-31,40H,5,12-13,20-21,32H2,1H3. The first-order valence-electron chi connectivity index (χ1n) is 19.6. The van der Waals surface area contributed by atoms with Gasteiger partial charge in [0.2, 0.25) is 5.82 Å². The lowest BCUT2D eigenvalue weighted by molar-refractivity contribution is 0.0600. The number of benzene rings is 6. The molecule has 1 aliphatic carbocycles. The number of hydrogen-bond donors (Lipinski definition) is 0. The third-order valence-electron chi connectivity index (χ3n) is 11.1. The number of esters is 1. The summed E-state index contributed by atoms with van der Waals surface area (Å²) in [5.74, 6) is 1.78. The van der Waals surface area contributed by atoms with Gasteiger partial charge < -0.3 is 14.0 Å². The van der Waals surface area contributed by atoms with Crippen LogP contribution in [-0.2, 0) is 16.9 Å². The molecule has 1 saturated carbocycles. The van der Waals surface area contributed by atoms with Gasteiger partial charge in [0, 0.05) is 27.2 Å². The maximum atomic E-state index is 12.1. The number of carbonyl (C=O) groups is 1. The van der Waals surface area contributed by atoms with Gasteiger partial charge in [-0.2, -0.15) is 0 Å². The summed E-state index contributed by atoms with van der Waals surface area (Å²) in [7, 11) is 1.38. The van der Waals surface area contributed by atoms with E-state index in [0.29, 0.717) is 23.2 Å². The van der Waals surface area contributed by atoms with Crippen molar-refractivity contribution in [1.29, 1.82) is 0 Å². The number of carbonyl (C=O) groups excluding carboxylic acids is 1. The molecule has 0 unspecified atom stereocenters. The minimum absolute atomic E-state index is 0.288. The number of ether oxygens (including phenoxy) is 2. The number of fused-ring (bicyclic) bond motifs is 1. The maximum absolute atomic E-state index is 12.1. The summed E-state index contributed by atoms with van der Waals surface area (Å²) in [6, 6.07) is 51.2. The Bertz CT molecular complexity index is 2580. The van der Waals surface area contributed by atoms with Crippen LogP contribution in [0.25, 0.3) is 33.8 Å². The first-order chi connectivity index (χ1) is 28.5.